The van der Waals surface area contributed by atoms with E-state index in [1.165, 1.54) is 12.1 Å². The van der Waals surface area contributed by atoms with Gasteiger partial charge in [0.1, 0.15) is 16.8 Å². The number of aromatic nitrogens is 1. The van der Waals surface area contributed by atoms with Crippen molar-refractivity contribution in [3.8, 4) is 0 Å². The smallest absolute Gasteiger partial charge is 0.131 e. The molecule has 5 heteroatoms. The van der Waals surface area contributed by atoms with Crippen LogP contribution in [0.4, 0.5) is 14.5 Å². The number of anilines is 1. The predicted octanol–water partition coefficient (Wildman–Crippen LogP) is 4.19. The van der Waals surface area contributed by atoms with Crippen molar-refractivity contribution in [1.29, 1.82) is 0 Å². The Morgan fingerprint density at radius 2 is 2.00 bits per heavy atom. The van der Waals surface area contributed by atoms with Crippen LogP contribution in [0.1, 0.15) is 18.5 Å². The molecule has 0 saturated carbocycles. The summed E-state index contributed by atoms with van der Waals surface area (Å²) in [7, 11) is 0. The average Bonchev–Trinajstić information content (AvgIpc) is 2.32. The SMILES string of the molecule is CC(Nc1ccc(Cl)nc1)c1ccc(F)cc1F. The van der Waals surface area contributed by atoms with E-state index in [0.29, 0.717) is 10.7 Å². The van der Waals surface area contributed by atoms with E-state index < -0.39 is 11.6 Å². The van der Waals surface area contributed by atoms with Gasteiger partial charge in [-0.15, -0.1) is 0 Å². The molecule has 94 valence electrons. The first-order valence-corrected chi connectivity index (χ1v) is 5.77. The molecule has 0 radical (unpaired) electrons. The molecule has 1 aromatic carbocycles. The molecule has 0 bridgehead atoms. The van der Waals surface area contributed by atoms with Crippen LogP contribution in [0.3, 0.4) is 0 Å². The number of hydrogen-bond acceptors (Lipinski definition) is 2. The van der Waals surface area contributed by atoms with Crippen LogP contribution in [0.2, 0.25) is 5.15 Å². The van der Waals surface area contributed by atoms with Crippen molar-refractivity contribution in [2.24, 2.45) is 0 Å². The highest BCUT2D eigenvalue weighted by Gasteiger charge is 2.11. The molecule has 2 rings (SSSR count). The molecule has 1 aromatic heterocycles. The van der Waals surface area contributed by atoms with Gasteiger partial charge in [-0.1, -0.05) is 17.7 Å². The van der Waals surface area contributed by atoms with Gasteiger partial charge in [0.2, 0.25) is 0 Å². The summed E-state index contributed by atoms with van der Waals surface area (Å²) in [5.41, 5.74) is 1.11. The largest absolute Gasteiger partial charge is 0.377 e. The van der Waals surface area contributed by atoms with E-state index in [0.717, 1.165) is 11.8 Å². The summed E-state index contributed by atoms with van der Waals surface area (Å²) in [5, 5.41) is 3.45. The van der Waals surface area contributed by atoms with Crippen LogP contribution < -0.4 is 5.32 Å². The second-order valence-corrected chi connectivity index (χ2v) is 4.29. The summed E-state index contributed by atoms with van der Waals surface area (Å²) >= 11 is 5.67. The standard InChI is InChI=1S/C13H11ClF2N2/c1-8(11-4-2-9(15)6-12(11)16)18-10-3-5-13(14)17-7-10/h2-8,18H,1H3. The minimum atomic E-state index is -0.586. The zero-order valence-corrected chi connectivity index (χ0v) is 10.4. The van der Waals surface area contributed by atoms with Gasteiger partial charge in [0.15, 0.2) is 0 Å². The molecular formula is C13H11ClF2N2. The van der Waals surface area contributed by atoms with Gasteiger partial charge in [0, 0.05) is 11.6 Å². The zero-order chi connectivity index (χ0) is 13.1. The van der Waals surface area contributed by atoms with E-state index in [2.05, 4.69) is 10.3 Å². The van der Waals surface area contributed by atoms with Crippen molar-refractivity contribution < 1.29 is 8.78 Å². The molecule has 2 aromatic rings. The highest BCUT2D eigenvalue weighted by molar-refractivity contribution is 6.29. The normalized spacial score (nSPS) is 12.2. The van der Waals surface area contributed by atoms with Crippen LogP contribution in [-0.4, -0.2) is 4.98 Å². The molecule has 1 N–H and O–H groups in total. The summed E-state index contributed by atoms with van der Waals surface area (Å²) in [6.07, 6.45) is 1.56. The molecule has 18 heavy (non-hydrogen) atoms. The zero-order valence-electron chi connectivity index (χ0n) is 9.62. The average molecular weight is 269 g/mol. The van der Waals surface area contributed by atoms with Crippen molar-refractivity contribution in [3.05, 3.63) is 58.9 Å². The molecule has 1 atom stereocenters. The Bertz CT molecular complexity index is 543. The molecule has 0 amide bonds. The quantitative estimate of drug-likeness (QED) is 0.845. The van der Waals surface area contributed by atoms with E-state index in [1.54, 1.807) is 25.3 Å². The van der Waals surface area contributed by atoms with E-state index in [9.17, 15) is 8.78 Å². The highest BCUT2D eigenvalue weighted by Crippen LogP contribution is 2.22. The monoisotopic (exact) mass is 268 g/mol. The lowest BCUT2D eigenvalue weighted by Crippen LogP contribution is -2.09. The number of hydrogen-bond donors (Lipinski definition) is 1. The van der Waals surface area contributed by atoms with Crippen LogP contribution in [0.15, 0.2) is 36.5 Å². The molecule has 0 spiro atoms. The summed E-state index contributed by atoms with van der Waals surface area (Å²) in [6.45, 7) is 1.78. The fraction of sp³-hybridized carbons (Fsp3) is 0.154. The van der Waals surface area contributed by atoms with Crippen molar-refractivity contribution in [3.63, 3.8) is 0 Å². The Hall–Kier alpha value is -1.68. The maximum absolute atomic E-state index is 13.6. The molecule has 2 nitrogen and oxygen atoms in total. The van der Waals surface area contributed by atoms with Crippen molar-refractivity contribution in [1.82, 2.24) is 4.98 Å². The van der Waals surface area contributed by atoms with Gasteiger partial charge in [0.05, 0.1) is 17.9 Å². The Balaban J connectivity index is 2.16. The molecule has 1 unspecified atom stereocenters. The Morgan fingerprint density at radius 1 is 1.22 bits per heavy atom. The topological polar surface area (TPSA) is 24.9 Å². The first-order valence-electron chi connectivity index (χ1n) is 5.39. The number of halogens is 3. The van der Waals surface area contributed by atoms with Gasteiger partial charge in [-0.3, -0.25) is 0 Å². The summed E-state index contributed by atoms with van der Waals surface area (Å²) < 4.78 is 26.3. The molecule has 0 aliphatic heterocycles. The van der Waals surface area contributed by atoms with E-state index in [1.807, 2.05) is 0 Å². The minimum absolute atomic E-state index is 0.298. The number of benzene rings is 1. The molecular weight excluding hydrogens is 258 g/mol. The molecule has 0 aliphatic carbocycles. The van der Waals surface area contributed by atoms with Crippen LogP contribution >= 0.6 is 11.6 Å². The summed E-state index contributed by atoms with van der Waals surface area (Å²) in [6, 6.07) is 6.61. The Labute approximate surface area is 109 Å². The van der Waals surface area contributed by atoms with Gasteiger partial charge in [-0.05, 0) is 25.1 Å². The fourth-order valence-electron chi connectivity index (χ4n) is 1.64. The van der Waals surface area contributed by atoms with Crippen LogP contribution in [-0.2, 0) is 0 Å². The van der Waals surface area contributed by atoms with Crippen LogP contribution in [0.25, 0.3) is 0 Å². The Morgan fingerprint density at radius 3 is 2.61 bits per heavy atom. The van der Waals surface area contributed by atoms with Crippen LogP contribution in [0.5, 0.6) is 0 Å². The molecule has 1 heterocycles. The van der Waals surface area contributed by atoms with E-state index in [-0.39, 0.29) is 6.04 Å². The third-order valence-electron chi connectivity index (χ3n) is 2.54. The number of nitrogens with zero attached hydrogens (tertiary/aromatic N) is 1. The summed E-state index contributed by atoms with van der Waals surface area (Å²) in [5.74, 6) is -1.16. The lowest BCUT2D eigenvalue weighted by molar-refractivity contribution is 0.566. The van der Waals surface area contributed by atoms with Gasteiger partial charge >= 0.3 is 0 Å². The molecule has 0 aliphatic rings. The lowest BCUT2D eigenvalue weighted by atomic mass is 10.1. The Kier molecular flexibility index (Phi) is 3.77. The molecule has 0 fully saturated rings. The van der Waals surface area contributed by atoms with Gasteiger partial charge in [-0.25, -0.2) is 13.8 Å². The van der Waals surface area contributed by atoms with Crippen LogP contribution in [0, 0.1) is 11.6 Å². The lowest BCUT2D eigenvalue weighted by Gasteiger charge is -2.16. The number of nitrogens with one attached hydrogen (secondary N) is 1. The first-order chi connectivity index (χ1) is 8.56. The molecule has 0 saturated heterocycles. The van der Waals surface area contributed by atoms with Crippen molar-refractivity contribution >= 4 is 17.3 Å². The minimum Gasteiger partial charge on any atom is -0.377 e. The first kappa shape index (κ1) is 12.8. The fourth-order valence-corrected chi connectivity index (χ4v) is 1.75. The van der Waals surface area contributed by atoms with Gasteiger partial charge in [0.25, 0.3) is 0 Å². The van der Waals surface area contributed by atoms with Crippen molar-refractivity contribution in [2.45, 2.75) is 13.0 Å². The van der Waals surface area contributed by atoms with E-state index >= 15 is 0 Å². The van der Waals surface area contributed by atoms with Gasteiger partial charge < -0.3 is 5.32 Å². The van der Waals surface area contributed by atoms with E-state index in [4.69, 9.17) is 11.6 Å². The third kappa shape index (κ3) is 2.96. The maximum Gasteiger partial charge on any atom is 0.131 e. The summed E-state index contributed by atoms with van der Waals surface area (Å²) in [4.78, 5) is 3.91. The number of rotatable bonds is 3. The maximum atomic E-state index is 13.6. The van der Waals surface area contributed by atoms with Gasteiger partial charge in [-0.2, -0.15) is 0 Å². The predicted molar refractivity (Wildman–Crippen MR) is 67.6 cm³/mol. The second kappa shape index (κ2) is 5.31. The second-order valence-electron chi connectivity index (χ2n) is 3.90. The van der Waals surface area contributed by atoms with Crippen molar-refractivity contribution in [2.75, 3.05) is 5.32 Å². The third-order valence-corrected chi connectivity index (χ3v) is 2.76. The number of pyridine rings is 1. The highest BCUT2D eigenvalue weighted by atomic mass is 35.5.